The van der Waals surface area contributed by atoms with E-state index in [9.17, 15) is 4.79 Å². The molecule has 0 saturated carbocycles. The van der Waals surface area contributed by atoms with E-state index >= 15 is 0 Å². The molecule has 5 heteroatoms. The number of rotatable bonds is 6. The first-order valence-electron chi connectivity index (χ1n) is 8.38. The second-order valence-electron chi connectivity index (χ2n) is 5.78. The van der Waals surface area contributed by atoms with E-state index in [1.165, 1.54) is 0 Å². The number of nitrogens with one attached hydrogen (secondary N) is 1. The maximum absolute atomic E-state index is 12.6. The van der Waals surface area contributed by atoms with Crippen molar-refractivity contribution in [1.82, 2.24) is 15.1 Å². The molecule has 1 N–H and O–H groups in total. The lowest BCUT2D eigenvalue weighted by atomic mass is 10.1. The minimum absolute atomic E-state index is 0.136. The molecule has 0 aliphatic heterocycles. The summed E-state index contributed by atoms with van der Waals surface area (Å²) in [6.07, 6.45) is 1.98. The Labute approximate surface area is 152 Å². The first kappa shape index (κ1) is 17.2. The SMILES string of the molecule is CCCCNC(=O)c1cc(-c2ccccc2)nn1-c1cccc(Cl)c1. The first-order valence-corrected chi connectivity index (χ1v) is 8.76. The third-order valence-corrected chi connectivity index (χ3v) is 4.12. The highest BCUT2D eigenvalue weighted by Gasteiger charge is 2.17. The van der Waals surface area contributed by atoms with Crippen molar-refractivity contribution in [2.45, 2.75) is 19.8 Å². The van der Waals surface area contributed by atoms with Crippen LogP contribution in [0.25, 0.3) is 16.9 Å². The molecule has 1 heterocycles. The molecule has 0 radical (unpaired) electrons. The average Bonchev–Trinajstić information content (AvgIpc) is 3.08. The third-order valence-electron chi connectivity index (χ3n) is 3.88. The maximum atomic E-state index is 12.6. The molecule has 1 aromatic heterocycles. The number of hydrogen-bond acceptors (Lipinski definition) is 2. The van der Waals surface area contributed by atoms with Crippen LogP contribution in [0.3, 0.4) is 0 Å². The topological polar surface area (TPSA) is 46.9 Å². The van der Waals surface area contributed by atoms with E-state index < -0.39 is 0 Å². The molecule has 128 valence electrons. The van der Waals surface area contributed by atoms with Crippen LogP contribution in [0.5, 0.6) is 0 Å². The van der Waals surface area contributed by atoms with E-state index in [0.29, 0.717) is 17.3 Å². The molecule has 0 saturated heterocycles. The van der Waals surface area contributed by atoms with E-state index in [1.54, 1.807) is 16.8 Å². The highest BCUT2D eigenvalue weighted by molar-refractivity contribution is 6.30. The molecular weight excluding hydrogens is 334 g/mol. The van der Waals surface area contributed by atoms with Crippen LogP contribution in [0.15, 0.2) is 60.7 Å². The van der Waals surface area contributed by atoms with Crippen molar-refractivity contribution in [1.29, 1.82) is 0 Å². The number of unbranched alkanes of at least 4 members (excludes halogenated alkanes) is 1. The highest BCUT2D eigenvalue weighted by atomic mass is 35.5. The minimum atomic E-state index is -0.136. The second kappa shape index (κ2) is 7.99. The van der Waals surface area contributed by atoms with E-state index in [2.05, 4.69) is 17.3 Å². The predicted octanol–water partition coefficient (Wildman–Crippen LogP) is 4.72. The van der Waals surface area contributed by atoms with Gasteiger partial charge in [-0.1, -0.05) is 61.3 Å². The monoisotopic (exact) mass is 353 g/mol. The standard InChI is InChI=1S/C20H20ClN3O/c1-2-3-12-22-20(25)19-14-18(15-8-5-4-6-9-15)23-24(19)17-11-7-10-16(21)13-17/h4-11,13-14H,2-3,12H2,1H3,(H,22,25). The Morgan fingerprint density at radius 3 is 2.64 bits per heavy atom. The Kier molecular flexibility index (Phi) is 5.51. The van der Waals surface area contributed by atoms with Gasteiger partial charge in [-0.15, -0.1) is 0 Å². The lowest BCUT2D eigenvalue weighted by Crippen LogP contribution is -2.26. The van der Waals surface area contributed by atoms with Crippen LogP contribution < -0.4 is 5.32 Å². The van der Waals surface area contributed by atoms with Crippen LogP contribution in [0.4, 0.5) is 0 Å². The van der Waals surface area contributed by atoms with Crippen LogP contribution in [-0.4, -0.2) is 22.2 Å². The number of halogens is 1. The molecule has 0 spiro atoms. The van der Waals surface area contributed by atoms with Gasteiger partial charge < -0.3 is 5.32 Å². The normalized spacial score (nSPS) is 10.6. The zero-order valence-electron chi connectivity index (χ0n) is 14.1. The zero-order valence-corrected chi connectivity index (χ0v) is 14.8. The van der Waals surface area contributed by atoms with Gasteiger partial charge in [-0.3, -0.25) is 4.79 Å². The summed E-state index contributed by atoms with van der Waals surface area (Å²) in [5.41, 5.74) is 2.97. The third kappa shape index (κ3) is 4.09. The van der Waals surface area contributed by atoms with Crippen LogP contribution in [0.1, 0.15) is 30.3 Å². The summed E-state index contributed by atoms with van der Waals surface area (Å²) >= 11 is 6.11. The molecular formula is C20H20ClN3O. The van der Waals surface area contributed by atoms with E-state index in [-0.39, 0.29) is 5.91 Å². The molecule has 25 heavy (non-hydrogen) atoms. The molecule has 0 unspecified atom stereocenters. The molecule has 2 aromatic carbocycles. The van der Waals surface area contributed by atoms with Crippen molar-refractivity contribution >= 4 is 17.5 Å². The number of aromatic nitrogens is 2. The fraction of sp³-hybridized carbons (Fsp3) is 0.200. The molecule has 1 amide bonds. The van der Waals surface area contributed by atoms with Gasteiger partial charge in [-0.2, -0.15) is 5.10 Å². The summed E-state index contributed by atoms with van der Waals surface area (Å²) < 4.78 is 1.65. The lowest BCUT2D eigenvalue weighted by molar-refractivity contribution is 0.0945. The molecule has 0 atom stereocenters. The molecule has 0 bridgehead atoms. The average molecular weight is 354 g/mol. The molecule has 3 rings (SSSR count). The number of nitrogens with zero attached hydrogens (tertiary/aromatic N) is 2. The van der Waals surface area contributed by atoms with E-state index in [4.69, 9.17) is 11.6 Å². The predicted molar refractivity (Wildman–Crippen MR) is 101 cm³/mol. The smallest absolute Gasteiger partial charge is 0.270 e. The number of hydrogen-bond donors (Lipinski definition) is 1. The molecule has 0 fully saturated rings. The van der Waals surface area contributed by atoms with Crippen molar-refractivity contribution in [3.05, 3.63) is 71.4 Å². The summed E-state index contributed by atoms with van der Waals surface area (Å²) in [6, 6.07) is 19.0. The van der Waals surface area contributed by atoms with Crippen molar-refractivity contribution in [3.63, 3.8) is 0 Å². The fourth-order valence-corrected chi connectivity index (χ4v) is 2.75. The van der Waals surface area contributed by atoms with Gasteiger partial charge in [0.05, 0.1) is 11.4 Å². The van der Waals surface area contributed by atoms with Crippen molar-refractivity contribution in [3.8, 4) is 16.9 Å². The van der Waals surface area contributed by atoms with E-state index in [0.717, 1.165) is 29.8 Å². The van der Waals surface area contributed by atoms with Gasteiger partial charge in [-0.25, -0.2) is 4.68 Å². The largest absolute Gasteiger partial charge is 0.351 e. The van der Waals surface area contributed by atoms with Gasteiger partial charge in [0.15, 0.2) is 0 Å². The van der Waals surface area contributed by atoms with Gasteiger partial charge in [0.25, 0.3) is 5.91 Å². The van der Waals surface area contributed by atoms with Gasteiger partial charge in [0, 0.05) is 17.1 Å². The minimum Gasteiger partial charge on any atom is -0.351 e. The molecule has 4 nitrogen and oxygen atoms in total. The molecule has 3 aromatic rings. The van der Waals surface area contributed by atoms with Gasteiger partial charge in [-0.05, 0) is 30.7 Å². The summed E-state index contributed by atoms with van der Waals surface area (Å²) in [4.78, 5) is 12.6. The molecule has 0 aliphatic carbocycles. The van der Waals surface area contributed by atoms with Crippen molar-refractivity contribution < 1.29 is 4.79 Å². The van der Waals surface area contributed by atoms with Crippen LogP contribution in [-0.2, 0) is 0 Å². The summed E-state index contributed by atoms with van der Waals surface area (Å²) in [6.45, 7) is 2.74. The number of amides is 1. The summed E-state index contributed by atoms with van der Waals surface area (Å²) in [7, 11) is 0. The van der Waals surface area contributed by atoms with E-state index in [1.807, 2.05) is 48.5 Å². The van der Waals surface area contributed by atoms with Crippen molar-refractivity contribution in [2.75, 3.05) is 6.54 Å². The van der Waals surface area contributed by atoms with Gasteiger partial charge in [0.2, 0.25) is 0 Å². The Morgan fingerprint density at radius 2 is 1.92 bits per heavy atom. The maximum Gasteiger partial charge on any atom is 0.270 e. The zero-order chi connectivity index (χ0) is 17.6. The van der Waals surface area contributed by atoms with Crippen LogP contribution >= 0.6 is 11.6 Å². The second-order valence-corrected chi connectivity index (χ2v) is 6.22. The van der Waals surface area contributed by atoms with Crippen molar-refractivity contribution in [2.24, 2.45) is 0 Å². The lowest BCUT2D eigenvalue weighted by Gasteiger charge is -2.08. The Morgan fingerprint density at radius 1 is 1.12 bits per heavy atom. The van der Waals surface area contributed by atoms with Crippen LogP contribution in [0.2, 0.25) is 5.02 Å². The van der Waals surface area contributed by atoms with Crippen LogP contribution in [0, 0.1) is 0 Å². The Hall–Kier alpha value is -2.59. The summed E-state index contributed by atoms with van der Waals surface area (Å²) in [5, 5.41) is 8.20. The Bertz CT molecular complexity index is 858. The quantitative estimate of drug-likeness (QED) is 0.651. The number of carbonyl (C=O) groups is 1. The fourth-order valence-electron chi connectivity index (χ4n) is 2.57. The van der Waals surface area contributed by atoms with Gasteiger partial charge in [0.1, 0.15) is 5.69 Å². The first-order chi connectivity index (χ1) is 12.2. The number of carbonyl (C=O) groups excluding carboxylic acids is 1. The Balaban J connectivity index is 2.02. The highest BCUT2D eigenvalue weighted by Crippen LogP contribution is 2.23. The number of benzene rings is 2. The molecule has 0 aliphatic rings. The van der Waals surface area contributed by atoms with Gasteiger partial charge >= 0.3 is 0 Å². The summed E-state index contributed by atoms with van der Waals surface area (Å²) in [5.74, 6) is -0.136.